The van der Waals surface area contributed by atoms with Crippen LogP contribution in [0.25, 0.3) is 67.2 Å². The molecule has 3 aliphatic heterocycles. The number of benzene rings is 4. The van der Waals surface area contributed by atoms with Gasteiger partial charge in [-0.1, -0.05) is 54.6 Å². The van der Waals surface area contributed by atoms with Gasteiger partial charge < -0.3 is 14.2 Å². The van der Waals surface area contributed by atoms with Crippen LogP contribution in [0.4, 0.5) is 0 Å². The maximum absolute atomic E-state index is 5.87. The first-order chi connectivity index (χ1) is 28.3. The Morgan fingerprint density at radius 3 is 0.807 bits per heavy atom. The summed E-state index contributed by atoms with van der Waals surface area (Å²) in [4.78, 5) is 29.0. The fourth-order valence-corrected chi connectivity index (χ4v) is 7.78. The molecule has 0 radical (unpaired) electrons. The molecule has 0 N–H and O–H groups in total. The van der Waals surface area contributed by atoms with Gasteiger partial charge in [0.1, 0.15) is 19.8 Å². The topological polar surface area (TPSA) is 103 Å². The summed E-state index contributed by atoms with van der Waals surface area (Å²) >= 11 is 0. The zero-order chi connectivity index (χ0) is 38.0. The van der Waals surface area contributed by atoms with Gasteiger partial charge in [0.2, 0.25) is 17.7 Å². The van der Waals surface area contributed by atoms with Crippen molar-refractivity contribution in [3.8, 4) is 67.2 Å². The molecule has 0 bridgehead atoms. The molecule has 0 spiro atoms. The molecule has 0 atom stereocenters. The molecule has 0 aliphatic carbocycles. The second-order valence-corrected chi connectivity index (χ2v) is 13.7. The number of pyridine rings is 3. The standard InChI is InChI=1S/C48H36N6O3/c1-4-22-49-37(7-1)43-40(31-10-16-34(17-11-31)46-52-25-28-55-46)44(38-8-2-5-23-50-38)42(33-14-20-36(21-15-33)48-54-27-30-57-48)45(39-9-3-6-24-51-39)41(43)32-12-18-35(19-13-32)47-53-26-29-56-47/h1-24H,25-30H2. The van der Waals surface area contributed by atoms with E-state index in [1.165, 1.54) is 0 Å². The number of rotatable bonds is 9. The molecule has 6 heterocycles. The van der Waals surface area contributed by atoms with Crippen LogP contribution < -0.4 is 0 Å². The van der Waals surface area contributed by atoms with Crippen LogP contribution >= 0.6 is 0 Å². The minimum absolute atomic E-state index is 0.586. The first kappa shape index (κ1) is 34.2. The van der Waals surface area contributed by atoms with E-state index in [0.717, 1.165) is 83.8 Å². The van der Waals surface area contributed by atoms with Crippen LogP contribution in [0.5, 0.6) is 0 Å². The van der Waals surface area contributed by atoms with Crippen LogP contribution in [0.1, 0.15) is 16.7 Å². The maximum Gasteiger partial charge on any atom is 0.216 e. The lowest BCUT2D eigenvalue weighted by Gasteiger charge is -2.27. The zero-order valence-corrected chi connectivity index (χ0v) is 31.0. The summed E-state index contributed by atoms with van der Waals surface area (Å²) in [6.45, 7) is 3.73. The Labute approximate surface area is 330 Å². The number of hydrogen-bond donors (Lipinski definition) is 0. The van der Waals surface area contributed by atoms with Crippen molar-refractivity contribution in [3.63, 3.8) is 0 Å². The van der Waals surface area contributed by atoms with Gasteiger partial charge in [-0.3, -0.25) is 15.0 Å². The predicted octanol–water partition coefficient (Wildman–Crippen LogP) is 9.20. The van der Waals surface area contributed by atoms with Crippen molar-refractivity contribution < 1.29 is 14.2 Å². The Balaban J connectivity index is 1.36. The van der Waals surface area contributed by atoms with E-state index in [4.69, 9.17) is 29.2 Å². The minimum Gasteiger partial charge on any atom is -0.476 e. The van der Waals surface area contributed by atoms with Crippen LogP contribution in [0.2, 0.25) is 0 Å². The first-order valence-electron chi connectivity index (χ1n) is 19.1. The number of hydrogen-bond acceptors (Lipinski definition) is 9. The smallest absolute Gasteiger partial charge is 0.216 e. The van der Waals surface area contributed by atoms with E-state index in [2.05, 4.69) is 106 Å². The third-order valence-corrected chi connectivity index (χ3v) is 10.3. The summed E-state index contributed by atoms with van der Waals surface area (Å²) in [6, 6.07) is 43.6. The van der Waals surface area contributed by atoms with E-state index in [-0.39, 0.29) is 0 Å². The lowest BCUT2D eigenvalue weighted by atomic mass is 9.76. The van der Waals surface area contributed by atoms with Gasteiger partial charge in [-0.05, 0) is 89.5 Å². The van der Waals surface area contributed by atoms with Crippen molar-refractivity contribution in [2.45, 2.75) is 0 Å². The molecule has 7 aromatic rings. The molecule has 10 rings (SSSR count). The van der Waals surface area contributed by atoms with Crippen molar-refractivity contribution >= 4 is 17.7 Å². The summed E-state index contributed by atoms with van der Waals surface area (Å²) in [5.74, 6) is 1.99. The molecule has 9 nitrogen and oxygen atoms in total. The lowest BCUT2D eigenvalue weighted by molar-refractivity contribution is 0.348. The Morgan fingerprint density at radius 2 is 0.579 bits per heavy atom. The van der Waals surface area contributed by atoms with E-state index >= 15 is 0 Å². The van der Waals surface area contributed by atoms with E-state index in [9.17, 15) is 0 Å². The monoisotopic (exact) mass is 744 g/mol. The van der Waals surface area contributed by atoms with Crippen LogP contribution in [-0.2, 0) is 14.2 Å². The normalized spacial score (nSPS) is 14.6. The van der Waals surface area contributed by atoms with E-state index < -0.39 is 0 Å². The summed E-state index contributed by atoms with van der Waals surface area (Å²) in [6.07, 6.45) is 5.55. The summed E-state index contributed by atoms with van der Waals surface area (Å²) < 4.78 is 17.6. The molecule has 276 valence electrons. The largest absolute Gasteiger partial charge is 0.476 e. The van der Waals surface area contributed by atoms with Crippen molar-refractivity contribution in [2.75, 3.05) is 39.5 Å². The van der Waals surface area contributed by atoms with E-state index in [1.54, 1.807) is 0 Å². The van der Waals surface area contributed by atoms with Gasteiger partial charge in [-0.2, -0.15) is 0 Å². The van der Waals surface area contributed by atoms with Crippen LogP contribution in [0.3, 0.4) is 0 Å². The number of aliphatic imine (C=N–C) groups is 3. The average molecular weight is 745 g/mol. The number of nitrogens with zero attached hydrogens (tertiary/aromatic N) is 6. The fraction of sp³-hybridized carbons (Fsp3) is 0.125. The first-order valence-corrected chi connectivity index (χ1v) is 19.1. The molecule has 3 aromatic heterocycles. The Morgan fingerprint density at radius 1 is 0.298 bits per heavy atom. The molecule has 0 saturated carbocycles. The highest BCUT2D eigenvalue weighted by Crippen LogP contribution is 2.55. The van der Waals surface area contributed by atoms with Gasteiger partial charge in [0.15, 0.2) is 0 Å². The molecule has 3 aliphatic rings. The molecule has 57 heavy (non-hydrogen) atoms. The molecule has 9 heteroatoms. The Kier molecular flexibility index (Phi) is 9.08. The second kappa shape index (κ2) is 15.1. The van der Waals surface area contributed by atoms with Crippen LogP contribution in [-0.4, -0.2) is 72.1 Å². The second-order valence-electron chi connectivity index (χ2n) is 13.7. The molecule has 0 unspecified atom stereocenters. The van der Waals surface area contributed by atoms with Crippen molar-refractivity contribution in [1.29, 1.82) is 0 Å². The quantitative estimate of drug-likeness (QED) is 0.146. The summed E-state index contributed by atoms with van der Waals surface area (Å²) in [5, 5.41) is 0. The number of ether oxygens (including phenoxy) is 3. The fourth-order valence-electron chi connectivity index (χ4n) is 7.78. The Hall–Kier alpha value is -7.26. The van der Waals surface area contributed by atoms with Gasteiger partial charge in [0.05, 0.1) is 36.7 Å². The minimum atomic E-state index is 0.586. The molecule has 4 aromatic carbocycles. The molecular formula is C48H36N6O3. The third kappa shape index (κ3) is 6.53. The third-order valence-electron chi connectivity index (χ3n) is 10.3. The molecule has 0 fully saturated rings. The number of aromatic nitrogens is 3. The lowest BCUT2D eigenvalue weighted by Crippen LogP contribution is -2.05. The predicted molar refractivity (Wildman–Crippen MR) is 225 cm³/mol. The Bertz CT molecular complexity index is 2340. The maximum atomic E-state index is 5.87. The van der Waals surface area contributed by atoms with Gasteiger partial charge in [0, 0.05) is 68.7 Å². The zero-order valence-electron chi connectivity index (χ0n) is 31.0. The van der Waals surface area contributed by atoms with E-state index in [1.807, 2.05) is 55.0 Å². The van der Waals surface area contributed by atoms with Crippen molar-refractivity contribution in [1.82, 2.24) is 15.0 Å². The van der Waals surface area contributed by atoms with Gasteiger partial charge >= 0.3 is 0 Å². The van der Waals surface area contributed by atoms with Crippen LogP contribution in [0, 0.1) is 0 Å². The van der Waals surface area contributed by atoms with Crippen molar-refractivity contribution in [2.24, 2.45) is 15.0 Å². The van der Waals surface area contributed by atoms with Crippen molar-refractivity contribution in [3.05, 3.63) is 163 Å². The van der Waals surface area contributed by atoms with Gasteiger partial charge in [0.25, 0.3) is 0 Å². The molecular weight excluding hydrogens is 709 g/mol. The summed E-state index contributed by atoms with van der Waals surface area (Å²) in [5.41, 5.74) is 14.0. The average Bonchev–Trinajstić information content (AvgIpc) is 4.13. The molecule has 0 amide bonds. The van der Waals surface area contributed by atoms with Gasteiger partial charge in [-0.15, -0.1) is 0 Å². The SMILES string of the molecule is c1ccc(-c2c(-c3ccc(C4=NCCO4)cc3)c(-c3ccccn3)c(-c3ccc(C4=NCCO4)cc3)c(-c3ccccn3)c2-c2ccc(C3=NCCO3)cc2)nc1. The highest BCUT2D eigenvalue weighted by molar-refractivity contribution is 6.14. The molecule has 0 saturated heterocycles. The highest BCUT2D eigenvalue weighted by atomic mass is 16.5. The summed E-state index contributed by atoms with van der Waals surface area (Å²) in [7, 11) is 0. The van der Waals surface area contributed by atoms with Gasteiger partial charge in [-0.25, -0.2) is 15.0 Å². The van der Waals surface area contributed by atoms with E-state index in [0.29, 0.717) is 57.1 Å². The van der Waals surface area contributed by atoms with Crippen LogP contribution in [0.15, 0.2) is 161 Å². The highest BCUT2D eigenvalue weighted by Gasteiger charge is 2.31.